The third-order valence-corrected chi connectivity index (χ3v) is 2.96. The maximum atomic E-state index is 11.8. The number of imide groups is 1. The molecule has 0 bridgehead atoms. The van der Waals surface area contributed by atoms with Crippen LogP contribution in [0, 0.1) is 12.3 Å². The molecule has 19 heavy (non-hydrogen) atoms. The number of nitrogens with one attached hydrogen (secondary N) is 1. The van der Waals surface area contributed by atoms with E-state index in [0.29, 0.717) is 6.42 Å². The number of hydrogen-bond donors (Lipinski definition) is 1. The summed E-state index contributed by atoms with van der Waals surface area (Å²) in [5, 5.41) is 2.33. The van der Waals surface area contributed by atoms with Gasteiger partial charge >= 0.3 is 6.09 Å². The number of benzene rings is 1. The van der Waals surface area contributed by atoms with Crippen LogP contribution in [0.3, 0.4) is 0 Å². The summed E-state index contributed by atoms with van der Waals surface area (Å²) in [6, 6.07) is 6.39. The molecule has 4 nitrogen and oxygen atoms in total. The smallest absolute Gasteiger partial charge is 0.415 e. The van der Waals surface area contributed by atoms with Crippen molar-refractivity contribution in [2.24, 2.45) is 0 Å². The largest absolute Gasteiger partial charge is 0.430 e. The first kappa shape index (κ1) is 15.1. The lowest BCUT2D eigenvalue weighted by molar-refractivity contribution is 0.0602. The van der Waals surface area contributed by atoms with Gasteiger partial charge in [-0.15, -0.1) is 6.42 Å². The zero-order valence-corrected chi connectivity index (χ0v) is 11.5. The molecule has 0 saturated heterocycles. The molecule has 1 atom stereocenters. The standard InChI is InChI=1S/C14H14ClNO3/c1-4-14(3,5-2)19-13(18)16-12(17)10-8-6-7-9-11(10)15/h1,6-9H,5H2,2-3H3,(H,16,17,18)/t14-/m0/s1. The Labute approximate surface area is 117 Å². The molecule has 1 aromatic rings. The first-order chi connectivity index (χ1) is 8.91. The molecule has 100 valence electrons. The van der Waals surface area contributed by atoms with Crippen LogP contribution in [0.1, 0.15) is 30.6 Å². The lowest BCUT2D eigenvalue weighted by Gasteiger charge is -2.21. The Bertz CT molecular complexity index is 536. The van der Waals surface area contributed by atoms with Gasteiger partial charge in [0.2, 0.25) is 0 Å². The minimum atomic E-state index is -1.04. The lowest BCUT2D eigenvalue weighted by atomic mass is 10.1. The predicted octanol–water partition coefficient (Wildman–Crippen LogP) is 3.01. The summed E-state index contributed by atoms with van der Waals surface area (Å²) in [6.07, 6.45) is 4.82. The maximum Gasteiger partial charge on any atom is 0.415 e. The molecule has 0 aromatic heterocycles. The maximum absolute atomic E-state index is 11.8. The highest BCUT2D eigenvalue weighted by Gasteiger charge is 2.25. The third-order valence-electron chi connectivity index (χ3n) is 2.63. The van der Waals surface area contributed by atoms with Crippen molar-refractivity contribution in [1.29, 1.82) is 0 Å². The molecule has 0 unspecified atom stereocenters. The van der Waals surface area contributed by atoms with E-state index in [1.165, 1.54) is 6.07 Å². The predicted molar refractivity (Wildman–Crippen MR) is 72.9 cm³/mol. The van der Waals surface area contributed by atoms with Crippen LogP contribution in [0.5, 0.6) is 0 Å². The van der Waals surface area contributed by atoms with Crippen molar-refractivity contribution in [1.82, 2.24) is 5.32 Å². The molecule has 0 radical (unpaired) electrons. The molecular formula is C14H14ClNO3. The Hall–Kier alpha value is -1.99. The van der Waals surface area contributed by atoms with Crippen molar-refractivity contribution in [3.8, 4) is 12.3 Å². The summed E-state index contributed by atoms with van der Waals surface area (Å²) in [5.41, 5.74) is -0.842. The minimum absolute atomic E-state index is 0.194. The summed E-state index contributed by atoms with van der Waals surface area (Å²) < 4.78 is 5.02. The van der Waals surface area contributed by atoms with Crippen molar-refractivity contribution in [3.63, 3.8) is 0 Å². The number of rotatable bonds is 3. The summed E-state index contributed by atoms with van der Waals surface area (Å²) in [7, 11) is 0. The Kier molecular flexibility index (Phi) is 4.96. The average molecular weight is 280 g/mol. The van der Waals surface area contributed by atoms with Crippen molar-refractivity contribution < 1.29 is 14.3 Å². The lowest BCUT2D eigenvalue weighted by Crippen LogP contribution is -2.38. The second kappa shape index (κ2) is 6.26. The van der Waals surface area contributed by atoms with Crippen LogP contribution >= 0.6 is 11.6 Å². The fourth-order valence-corrected chi connectivity index (χ4v) is 1.46. The van der Waals surface area contributed by atoms with Gasteiger partial charge < -0.3 is 4.74 Å². The van der Waals surface area contributed by atoms with E-state index in [2.05, 4.69) is 11.2 Å². The van der Waals surface area contributed by atoms with Crippen LogP contribution < -0.4 is 5.32 Å². The van der Waals surface area contributed by atoms with Gasteiger partial charge in [0.1, 0.15) is 0 Å². The normalized spacial score (nSPS) is 12.9. The van der Waals surface area contributed by atoms with E-state index in [0.717, 1.165) is 0 Å². The number of ether oxygens (including phenoxy) is 1. The van der Waals surface area contributed by atoms with Crippen LogP contribution in [-0.2, 0) is 4.74 Å². The van der Waals surface area contributed by atoms with Gasteiger partial charge in [-0.3, -0.25) is 10.1 Å². The molecule has 5 heteroatoms. The summed E-state index contributed by atoms with van der Waals surface area (Å²) >= 11 is 5.84. The number of terminal acetylenes is 1. The molecule has 0 aliphatic carbocycles. The minimum Gasteiger partial charge on any atom is -0.430 e. The van der Waals surface area contributed by atoms with E-state index in [4.69, 9.17) is 22.8 Å². The van der Waals surface area contributed by atoms with Gasteiger partial charge in [-0.25, -0.2) is 4.79 Å². The summed E-state index contributed by atoms with van der Waals surface area (Å²) in [4.78, 5) is 23.4. The number of halogens is 1. The van der Waals surface area contributed by atoms with E-state index in [1.54, 1.807) is 32.0 Å². The van der Waals surface area contributed by atoms with Crippen molar-refractivity contribution in [2.75, 3.05) is 0 Å². The highest BCUT2D eigenvalue weighted by Crippen LogP contribution is 2.16. The van der Waals surface area contributed by atoms with Crippen LogP contribution in [0.25, 0.3) is 0 Å². The second-order valence-corrected chi connectivity index (χ2v) is 4.46. The van der Waals surface area contributed by atoms with Gasteiger partial charge in [0.05, 0.1) is 10.6 Å². The number of carbonyl (C=O) groups is 2. The molecule has 2 amide bonds. The van der Waals surface area contributed by atoms with Crippen molar-refractivity contribution in [3.05, 3.63) is 34.9 Å². The third kappa shape index (κ3) is 4.01. The molecule has 0 saturated carbocycles. The van der Waals surface area contributed by atoms with Gasteiger partial charge in [0.25, 0.3) is 5.91 Å². The molecular weight excluding hydrogens is 266 g/mol. The molecule has 0 fully saturated rings. The monoisotopic (exact) mass is 279 g/mol. The van der Waals surface area contributed by atoms with Crippen molar-refractivity contribution >= 4 is 23.6 Å². The van der Waals surface area contributed by atoms with Crippen LogP contribution in [0.15, 0.2) is 24.3 Å². The van der Waals surface area contributed by atoms with E-state index in [9.17, 15) is 9.59 Å². The second-order valence-electron chi connectivity index (χ2n) is 4.05. The van der Waals surface area contributed by atoms with E-state index < -0.39 is 17.6 Å². The average Bonchev–Trinajstić information content (AvgIpc) is 2.38. The zero-order valence-electron chi connectivity index (χ0n) is 10.7. The first-order valence-corrected chi connectivity index (χ1v) is 6.06. The number of alkyl carbamates (subject to hydrolysis) is 1. The zero-order chi connectivity index (χ0) is 14.5. The van der Waals surface area contributed by atoms with E-state index in [-0.39, 0.29) is 10.6 Å². The molecule has 1 aromatic carbocycles. The Morgan fingerprint density at radius 1 is 1.47 bits per heavy atom. The summed E-state index contributed by atoms with van der Waals surface area (Å²) in [6.45, 7) is 3.37. The van der Waals surface area contributed by atoms with Gasteiger partial charge in [-0.1, -0.05) is 36.6 Å². The highest BCUT2D eigenvalue weighted by molar-refractivity contribution is 6.34. The topological polar surface area (TPSA) is 55.4 Å². The molecule has 1 rings (SSSR count). The number of amides is 2. The van der Waals surface area contributed by atoms with Crippen molar-refractivity contribution in [2.45, 2.75) is 25.9 Å². The number of carbonyl (C=O) groups excluding carboxylic acids is 2. The fraction of sp³-hybridized carbons (Fsp3) is 0.286. The SMILES string of the molecule is C#C[C@@](C)(CC)OC(=O)NC(=O)c1ccccc1Cl. The van der Waals surface area contributed by atoms with Gasteiger partial charge in [-0.05, 0) is 25.5 Å². The molecule has 1 N–H and O–H groups in total. The Morgan fingerprint density at radius 2 is 2.11 bits per heavy atom. The number of hydrogen-bond acceptors (Lipinski definition) is 3. The van der Waals surface area contributed by atoms with E-state index in [1.807, 2.05) is 0 Å². The van der Waals surface area contributed by atoms with Crippen LogP contribution in [0.4, 0.5) is 4.79 Å². The molecule has 0 heterocycles. The van der Waals surface area contributed by atoms with Gasteiger partial charge in [-0.2, -0.15) is 0 Å². The first-order valence-electron chi connectivity index (χ1n) is 5.68. The van der Waals surface area contributed by atoms with Gasteiger partial charge in [0.15, 0.2) is 5.60 Å². The van der Waals surface area contributed by atoms with Crippen LogP contribution in [-0.4, -0.2) is 17.6 Å². The van der Waals surface area contributed by atoms with Crippen LogP contribution in [0.2, 0.25) is 5.02 Å². The fourth-order valence-electron chi connectivity index (χ4n) is 1.24. The van der Waals surface area contributed by atoms with Gasteiger partial charge in [0, 0.05) is 0 Å². The quantitative estimate of drug-likeness (QED) is 0.866. The Morgan fingerprint density at radius 3 is 2.63 bits per heavy atom. The Balaban J connectivity index is 2.71. The molecule has 0 aliphatic heterocycles. The molecule has 0 aliphatic rings. The highest BCUT2D eigenvalue weighted by atomic mass is 35.5. The summed E-state index contributed by atoms with van der Waals surface area (Å²) in [5.74, 6) is 1.73. The molecule has 0 spiro atoms. The van der Waals surface area contributed by atoms with E-state index >= 15 is 0 Å².